The smallest absolute Gasteiger partial charge is 0.179 e. The highest BCUT2D eigenvalue weighted by molar-refractivity contribution is 5.82. The predicted octanol–water partition coefficient (Wildman–Crippen LogP) is 4.29. The zero-order chi connectivity index (χ0) is 21.6. The Morgan fingerprint density at radius 1 is 1.43 bits per heavy atom. The van der Waals surface area contributed by atoms with Crippen LogP contribution < -0.4 is 11.1 Å². The lowest BCUT2D eigenvalue weighted by Crippen LogP contribution is -2.32. The van der Waals surface area contributed by atoms with E-state index in [0.29, 0.717) is 35.6 Å². The third-order valence-corrected chi connectivity index (χ3v) is 5.58. The molecule has 0 spiro atoms. The number of nitrogens with zero attached hydrogens (tertiary/aromatic N) is 4. The highest BCUT2D eigenvalue weighted by atomic mass is 16.5. The van der Waals surface area contributed by atoms with E-state index >= 15 is 0 Å². The number of nitrogens with two attached hydrogens (primary N) is 1. The molecule has 3 N–H and O–H groups in total. The van der Waals surface area contributed by atoms with Crippen molar-refractivity contribution in [1.29, 1.82) is 0 Å². The second-order valence-corrected chi connectivity index (χ2v) is 8.44. The molecule has 0 radical (unpaired) electrons. The van der Waals surface area contributed by atoms with Crippen LogP contribution >= 0.6 is 0 Å². The van der Waals surface area contributed by atoms with Crippen molar-refractivity contribution in [2.24, 2.45) is 11.3 Å². The third kappa shape index (κ3) is 5.62. The van der Waals surface area contributed by atoms with Crippen molar-refractivity contribution < 1.29 is 4.74 Å². The van der Waals surface area contributed by atoms with E-state index in [2.05, 4.69) is 52.8 Å². The molecule has 0 fully saturated rings. The highest BCUT2D eigenvalue weighted by Gasteiger charge is 2.25. The van der Waals surface area contributed by atoms with Gasteiger partial charge >= 0.3 is 0 Å². The van der Waals surface area contributed by atoms with E-state index < -0.39 is 0 Å². The second-order valence-electron chi connectivity index (χ2n) is 8.44. The van der Waals surface area contributed by atoms with Gasteiger partial charge in [0, 0.05) is 18.5 Å². The molecule has 1 aliphatic carbocycles. The molecular weight excluding hydrogens is 376 g/mol. The first-order valence-corrected chi connectivity index (χ1v) is 10.8. The zero-order valence-corrected chi connectivity index (χ0v) is 18.4. The minimum atomic E-state index is 0.177. The van der Waals surface area contributed by atoms with Gasteiger partial charge in [-0.25, -0.2) is 15.0 Å². The van der Waals surface area contributed by atoms with Crippen LogP contribution in [0.15, 0.2) is 37.0 Å². The summed E-state index contributed by atoms with van der Waals surface area (Å²) in [7, 11) is 0. The Labute approximate surface area is 179 Å². The van der Waals surface area contributed by atoms with Gasteiger partial charge in [-0.3, -0.25) is 0 Å². The minimum Gasteiger partial charge on any atom is -0.480 e. The van der Waals surface area contributed by atoms with E-state index in [9.17, 15) is 0 Å². The lowest BCUT2D eigenvalue weighted by atomic mass is 9.78. The lowest BCUT2D eigenvalue weighted by Gasteiger charge is -2.31. The molecule has 2 atom stereocenters. The molecule has 0 saturated heterocycles. The first-order chi connectivity index (χ1) is 14.4. The highest BCUT2D eigenvalue weighted by Crippen LogP contribution is 2.32. The van der Waals surface area contributed by atoms with Gasteiger partial charge in [0.25, 0.3) is 0 Å². The molecular formula is C23H34N6O. The molecule has 3 rings (SSSR count). The van der Waals surface area contributed by atoms with E-state index in [-0.39, 0.29) is 5.41 Å². The number of hydrogen-bond acceptors (Lipinski definition) is 6. The molecule has 0 amide bonds. The van der Waals surface area contributed by atoms with E-state index in [1.165, 1.54) is 12.8 Å². The molecule has 7 nitrogen and oxygen atoms in total. The SMILES string of the molecule is C=C(NC[C@]1(C)C=CC(C)CC1)OCCCCn1cnc2c(N)nc(/C=C\C)nc21. The first kappa shape index (κ1) is 21.9. The van der Waals surface area contributed by atoms with Gasteiger partial charge in [-0.2, -0.15) is 0 Å². The zero-order valence-electron chi connectivity index (χ0n) is 18.4. The van der Waals surface area contributed by atoms with Crippen LogP contribution in [0.4, 0.5) is 5.82 Å². The van der Waals surface area contributed by atoms with Crippen LogP contribution in [-0.2, 0) is 11.3 Å². The Hall–Kier alpha value is -2.83. The molecule has 162 valence electrons. The van der Waals surface area contributed by atoms with Gasteiger partial charge in [0.15, 0.2) is 23.2 Å². The van der Waals surface area contributed by atoms with Gasteiger partial charge in [0.05, 0.1) is 12.9 Å². The quantitative estimate of drug-likeness (QED) is 0.345. The fraction of sp³-hybridized carbons (Fsp3) is 0.522. The van der Waals surface area contributed by atoms with Crippen molar-refractivity contribution in [2.75, 3.05) is 18.9 Å². The molecule has 1 unspecified atom stereocenters. The molecule has 0 bridgehead atoms. The number of unbranched alkanes of at least 4 members (excludes halogenated alkanes) is 1. The average Bonchev–Trinajstić information content (AvgIpc) is 3.12. The molecule has 1 aliphatic rings. The lowest BCUT2D eigenvalue weighted by molar-refractivity contribution is 0.176. The maximum atomic E-state index is 6.01. The largest absolute Gasteiger partial charge is 0.480 e. The fourth-order valence-corrected chi connectivity index (χ4v) is 3.58. The summed E-state index contributed by atoms with van der Waals surface area (Å²) in [6, 6.07) is 0. The summed E-state index contributed by atoms with van der Waals surface area (Å²) in [5, 5.41) is 3.34. The van der Waals surface area contributed by atoms with Gasteiger partial charge in [-0.05, 0) is 51.2 Å². The average molecular weight is 411 g/mol. The molecule has 2 aromatic rings. The monoisotopic (exact) mass is 410 g/mol. The molecule has 2 heterocycles. The Bertz CT molecular complexity index is 931. The van der Waals surface area contributed by atoms with Crippen molar-refractivity contribution in [1.82, 2.24) is 24.8 Å². The van der Waals surface area contributed by atoms with Crippen molar-refractivity contribution in [3.63, 3.8) is 0 Å². The number of imidazole rings is 1. The van der Waals surface area contributed by atoms with Gasteiger partial charge in [0.1, 0.15) is 5.52 Å². The number of aromatic nitrogens is 4. The Balaban J connectivity index is 1.41. The summed E-state index contributed by atoms with van der Waals surface area (Å²) in [6.07, 6.45) is 14.4. The number of allylic oxidation sites excluding steroid dienone is 2. The summed E-state index contributed by atoms with van der Waals surface area (Å²) in [6.45, 7) is 12.8. The number of ether oxygens (including phenoxy) is 1. The molecule has 2 aromatic heterocycles. The van der Waals surface area contributed by atoms with E-state index in [0.717, 1.165) is 31.6 Å². The van der Waals surface area contributed by atoms with Gasteiger partial charge < -0.3 is 20.4 Å². The second kappa shape index (κ2) is 9.78. The Morgan fingerprint density at radius 2 is 2.27 bits per heavy atom. The van der Waals surface area contributed by atoms with Crippen LogP contribution in [0.25, 0.3) is 17.2 Å². The van der Waals surface area contributed by atoms with Crippen molar-refractivity contribution in [3.8, 4) is 0 Å². The van der Waals surface area contributed by atoms with Crippen LogP contribution in [0, 0.1) is 11.3 Å². The summed E-state index contributed by atoms with van der Waals surface area (Å²) >= 11 is 0. The van der Waals surface area contributed by atoms with E-state index in [4.69, 9.17) is 10.5 Å². The number of fused-ring (bicyclic) bond motifs is 1. The summed E-state index contributed by atoms with van der Waals surface area (Å²) in [4.78, 5) is 13.2. The van der Waals surface area contributed by atoms with Gasteiger partial charge in [-0.15, -0.1) is 0 Å². The molecule has 0 aromatic carbocycles. The van der Waals surface area contributed by atoms with Gasteiger partial charge in [0.2, 0.25) is 0 Å². The number of rotatable bonds is 10. The summed E-state index contributed by atoms with van der Waals surface area (Å²) in [5.41, 5.74) is 7.60. The molecule has 7 heteroatoms. The van der Waals surface area contributed by atoms with Crippen LogP contribution in [0.1, 0.15) is 52.3 Å². The molecule has 0 aliphatic heterocycles. The molecule has 30 heavy (non-hydrogen) atoms. The standard InChI is InChI=1S/C23H34N6O/c1-5-8-19-27-21(24)20-22(28-19)29(16-26-20)13-6-7-14-30-18(3)25-15-23(4)11-9-17(2)10-12-23/h5,8-9,11,16-17,25H,3,6-7,10,12-15H2,1-2,4H3,(H2,24,27,28)/b8-5-/t17?,23-/m1/s1. The topological polar surface area (TPSA) is 90.9 Å². The van der Waals surface area contributed by atoms with Crippen LogP contribution in [0.2, 0.25) is 0 Å². The van der Waals surface area contributed by atoms with Crippen molar-refractivity contribution >= 4 is 23.1 Å². The van der Waals surface area contributed by atoms with Crippen LogP contribution in [-0.4, -0.2) is 32.7 Å². The van der Waals surface area contributed by atoms with Crippen LogP contribution in [0.5, 0.6) is 0 Å². The van der Waals surface area contributed by atoms with Crippen molar-refractivity contribution in [3.05, 3.63) is 42.8 Å². The van der Waals surface area contributed by atoms with Gasteiger partial charge in [-0.1, -0.05) is 32.1 Å². The summed E-state index contributed by atoms with van der Waals surface area (Å²) < 4.78 is 7.79. The van der Waals surface area contributed by atoms with Crippen LogP contribution in [0.3, 0.4) is 0 Å². The van der Waals surface area contributed by atoms with E-state index in [1.54, 1.807) is 6.33 Å². The third-order valence-electron chi connectivity index (χ3n) is 5.58. The van der Waals surface area contributed by atoms with Crippen molar-refractivity contribution in [2.45, 2.75) is 53.0 Å². The first-order valence-electron chi connectivity index (χ1n) is 10.8. The number of nitrogens with one attached hydrogen (secondary N) is 1. The number of aryl methyl sites for hydroxylation is 1. The number of hydrogen-bond donors (Lipinski definition) is 2. The Kier molecular flexibility index (Phi) is 7.13. The maximum absolute atomic E-state index is 6.01. The van der Waals surface area contributed by atoms with E-state index in [1.807, 2.05) is 23.6 Å². The number of nitrogen functional groups attached to an aromatic ring is 1. The fourth-order valence-electron chi connectivity index (χ4n) is 3.58. The Morgan fingerprint density at radius 3 is 3.00 bits per heavy atom. The minimum absolute atomic E-state index is 0.177. The number of anilines is 1. The normalized spacial score (nSPS) is 21.4. The predicted molar refractivity (Wildman–Crippen MR) is 122 cm³/mol. The maximum Gasteiger partial charge on any atom is 0.179 e. The summed E-state index contributed by atoms with van der Waals surface area (Å²) in [5.74, 6) is 2.34. The molecule has 0 saturated carbocycles.